The van der Waals surface area contributed by atoms with Gasteiger partial charge in [0.15, 0.2) is 0 Å². The van der Waals surface area contributed by atoms with Crippen LogP contribution in [0.3, 0.4) is 0 Å². The number of hydrogen-bond acceptors (Lipinski definition) is 2. The fraction of sp³-hybridized carbons (Fsp3) is 0.300. The highest BCUT2D eigenvalue weighted by atomic mass is 19.1. The van der Waals surface area contributed by atoms with Crippen molar-refractivity contribution in [3.05, 3.63) is 70.5 Å². The first-order valence-electron chi connectivity index (χ1n) is 8.31. The van der Waals surface area contributed by atoms with Gasteiger partial charge in [-0.1, -0.05) is 12.1 Å². The summed E-state index contributed by atoms with van der Waals surface area (Å²) in [4.78, 5) is 25.6. The predicted octanol–water partition coefficient (Wildman–Crippen LogP) is 3.54. The molecule has 0 saturated carbocycles. The monoisotopic (exact) mass is 341 g/mol. The Balaban J connectivity index is 1.68. The predicted molar refractivity (Wildman–Crippen MR) is 92.3 cm³/mol. The van der Waals surface area contributed by atoms with Crippen molar-refractivity contribution >= 4 is 11.9 Å². The molecule has 3 rings (SSSR count). The second-order valence-corrected chi connectivity index (χ2v) is 6.63. The number of hydrogen-bond donors (Lipinski definition) is 1. The lowest BCUT2D eigenvalue weighted by molar-refractivity contribution is 0.0696. The van der Waals surface area contributed by atoms with Crippen LogP contribution in [0.4, 0.5) is 4.39 Å². The molecule has 1 fully saturated rings. The van der Waals surface area contributed by atoms with Gasteiger partial charge in [-0.05, 0) is 67.1 Å². The van der Waals surface area contributed by atoms with Gasteiger partial charge in [0.2, 0.25) is 0 Å². The Labute approximate surface area is 145 Å². The first-order valence-corrected chi connectivity index (χ1v) is 8.31. The number of carbonyl (C=O) groups excluding carboxylic acids is 1. The first kappa shape index (κ1) is 17.1. The average molecular weight is 341 g/mol. The summed E-state index contributed by atoms with van der Waals surface area (Å²) in [7, 11) is 0. The van der Waals surface area contributed by atoms with Crippen LogP contribution in [-0.2, 0) is 6.42 Å². The highest BCUT2D eigenvalue weighted by Gasteiger charge is 2.27. The van der Waals surface area contributed by atoms with Crippen molar-refractivity contribution < 1.29 is 19.1 Å². The summed E-state index contributed by atoms with van der Waals surface area (Å²) in [5, 5.41) is 9.15. The van der Waals surface area contributed by atoms with Crippen LogP contribution in [0.1, 0.15) is 38.3 Å². The molecule has 0 spiro atoms. The maximum absolute atomic E-state index is 13.0. The minimum Gasteiger partial charge on any atom is -0.478 e. The molecule has 25 heavy (non-hydrogen) atoms. The van der Waals surface area contributed by atoms with Crippen molar-refractivity contribution in [2.24, 2.45) is 5.92 Å². The van der Waals surface area contributed by atoms with Crippen molar-refractivity contribution in [3.8, 4) is 0 Å². The van der Waals surface area contributed by atoms with Crippen LogP contribution in [0.25, 0.3) is 0 Å². The Morgan fingerprint density at radius 2 is 1.84 bits per heavy atom. The molecule has 1 aliphatic heterocycles. The minimum absolute atomic E-state index is 0.130. The number of carbonyl (C=O) groups is 2. The van der Waals surface area contributed by atoms with E-state index < -0.39 is 5.97 Å². The van der Waals surface area contributed by atoms with Crippen LogP contribution in [0.2, 0.25) is 0 Å². The molecular formula is C20H20FNO3. The molecule has 130 valence electrons. The normalized spacial score (nSPS) is 16.9. The molecule has 1 heterocycles. The second-order valence-electron chi connectivity index (χ2n) is 6.63. The number of rotatable bonds is 4. The van der Waals surface area contributed by atoms with E-state index in [0.717, 1.165) is 24.0 Å². The zero-order chi connectivity index (χ0) is 18.0. The van der Waals surface area contributed by atoms with E-state index in [0.29, 0.717) is 24.6 Å². The summed E-state index contributed by atoms with van der Waals surface area (Å²) in [5.74, 6) is -1.08. The van der Waals surface area contributed by atoms with Gasteiger partial charge in [-0.2, -0.15) is 0 Å². The fourth-order valence-corrected chi connectivity index (χ4v) is 3.35. The zero-order valence-corrected chi connectivity index (χ0v) is 14.0. The van der Waals surface area contributed by atoms with Gasteiger partial charge in [0.25, 0.3) is 5.91 Å². The lowest BCUT2D eigenvalue weighted by atomic mass is 9.99. The number of carboxylic acids is 1. The smallest absolute Gasteiger partial charge is 0.335 e. The molecule has 1 unspecified atom stereocenters. The van der Waals surface area contributed by atoms with E-state index in [1.807, 2.05) is 0 Å². The molecule has 4 nitrogen and oxygen atoms in total. The molecule has 2 aromatic rings. The maximum atomic E-state index is 13.0. The molecule has 5 heteroatoms. The van der Waals surface area contributed by atoms with Crippen LogP contribution in [0, 0.1) is 18.7 Å². The summed E-state index contributed by atoms with van der Waals surface area (Å²) in [6, 6.07) is 11.2. The van der Waals surface area contributed by atoms with Gasteiger partial charge in [-0.25, -0.2) is 9.18 Å². The van der Waals surface area contributed by atoms with Crippen molar-refractivity contribution in [3.63, 3.8) is 0 Å². The highest BCUT2D eigenvalue weighted by molar-refractivity contribution is 5.98. The SMILES string of the molecule is Cc1cc(C(=O)O)cc(C(=O)N2CCC(Cc3ccc(F)cc3)C2)c1. The number of nitrogens with zero attached hydrogens (tertiary/aromatic N) is 1. The summed E-state index contributed by atoms with van der Waals surface area (Å²) >= 11 is 0. The van der Waals surface area contributed by atoms with Gasteiger partial charge in [-0.15, -0.1) is 0 Å². The van der Waals surface area contributed by atoms with Crippen LogP contribution in [0.15, 0.2) is 42.5 Å². The number of carboxylic acid groups (broad SMARTS) is 1. The van der Waals surface area contributed by atoms with E-state index >= 15 is 0 Å². The van der Waals surface area contributed by atoms with Crippen molar-refractivity contribution in [1.82, 2.24) is 4.90 Å². The molecule has 0 radical (unpaired) electrons. The van der Waals surface area contributed by atoms with Gasteiger partial charge in [-0.3, -0.25) is 4.79 Å². The Morgan fingerprint density at radius 3 is 2.52 bits per heavy atom. The summed E-state index contributed by atoms with van der Waals surface area (Å²) in [6.07, 6.45) is 1.69. The molecule has 1 amide bonds. The second kappa shape index (κ2) is 7.05. The Bertz CT molecular complexity index is 801. The van der Waals surface area contributed by atoms with Crippen LogP contribution < -0.4 is 0 Å². The zero-order valence-electron chi connectivity index (χ0n) is 14.0. The summed E-state index contributed by atoms with van der Waals surface area (Å²) in [5.41, 5.74) is 2.36. The minimum atomic E-state index is -1.03. The van der Waals surface area contributed by atoms with Crippen molar-refractivity contribution in [2.75, 3.05) is 13.1 Å². The third-order valence-electron chi connectivity index (χ3n) is 4.58. The summed E-state index contributed by atoms with van der Waals surface area (Å²) < 4.78 is 13.0. The lowest BCUT2D eigenvalue weighted by Crippen LogP contribution is -2.29. The summed E-state index contributed by atoms with van der Waals surface area (Å²) in [6.45, 7) is 3.07. The van der Waals surface area contributed by atoms with Gasteiger partial charge in [0.05, 0.1) is 5.56 Å². The van der Waals surface area contributed by atoms with E-state index in [1.54, 1.807) is 36.1 Å². The van der Waals surface area contributed by atoms with Gasteiger partial charge in [0.1, 0.15) is 5.82 Å². The van der Waals surface area contributed by atoms with Gasteiger partial charge >= 0.3 is 5.97 Å². The molecule has 1 N–H and O–H groups in total. The van der Waals surface area contributed by atoms with Crippen LogP contribution >= 0.6 is 0 Å². The average Bonchev–Trinajstić information content (AvgIpc) is 3.04. The van der Waals surface area contributed by atoms with E-state index in [-0.39, 0.29) is 17.3 Å². The van der Waals surface area contributed by atoms with Gasteiger partial charge < -0.3 is 10.0 Å². The molecule has 1 saturated heterocycles. The molecule has 0 aromatic heterocycles. The van der Waals surface area contributed by atoms with Crippen molar-refractivity contribution in [2.45, 2.75) is 19.8 Å². The van der Waals surface area contributed by atoms with Crippen LogP contribution in [0.5, 0.6) is 0 Å². The molecular weight excluding hydrogens is 321 g/mol. The Morgan fingerprint density at radius 1 is 1.16 bits per heavy atom. The Kier molecular flexibility index (Phi) is 4.83. The third-order valence-corrected chi connectivity index (χ3v) is 4.58. The largest absolute Gasteiger partial charge is 0.478 e. The van der Waals surface area contributed by atoms with E-state index in [2.05, 4.69) is 0 Å². The Hall–Kier alpha value is -2.69. The number of likely N-dealkylation sites (tertiary alicyclic amines) is 1. The topological polar surface area (TPSA) is 57.6 Å². The number of amides is 1. The molecule has 1 atom stereocenters. The number of aromatic carboxylic acids is 1. The molecule has 1 aliphatic rings. The molecule has 0 aliphatic carbocycles. The number of aryl methyl sites for hydroxylation is 1. The quantitative estimate of drug-likeness (QED) is 0.925. The van der Waals surface area contributed by atoms with Crippen LogP contribution in [-0.4, -0.2) is 35.0 Å². The standard InChI is InChI=1S/C20H20FNO3/c1-13-8-16(11-17(9-13)20(24)25)19(23)22-7-6-15(12-22)10-14-2-4-18(21)5-3-14/h2-5,8-9,11,15H,6-7,10,12H2,1H3,(H,24,25). The molecule has 0 bridgehead atoms. The molecule has 2 aromatic carbocycles. The van der Waals surface area contributed by atoms with E-state index in [4.69, 9.17) is 5.11 Å². The number of benzene rings is 2. The van der Waals surface area contributed by atoms with E-state index in [9.17, 15) is 14.0 Å². The third kappa shape index (κ3) is 4.05. The van der Waals surface area contributed by atoms with Crippen molar-refractivity contribution in [1.29, 1.82) is 0 Å². The fourth-order valence-electron chi connectivity index (χ4n) is 3.35. The lowest BCUT2D eigenvalue weighted by Gasteiger charge is -2.17. The number of halogens is 1. The maximum Gasteiger partial charge on any atom is 0.335 e. The first-order chi connectivity index (χ1) is 11.9. The van der Waals surface area contributed by atoms with E-state index in [1.165, 1.54) is 18.2 Å². The highest BCUT2D eigenvalue weighted by Crippen LogP contribution is 2.23. The van der Waals surface area contributed by atoms with Gasteiger partial charge in [0, 0.05) is 18.7 Å².